The Bertz CT molecular complexity index is 900. The van der Waals surface area contributed by atoms with Gasteiger partial charge in [-0.25, -0.2) is 0 Å². The molecule has 1 aromatic rings. The number of nitrogens with one attached hydrogen (secondary N) is 2. The van der Waals surface area contributed by atoms with E-state index in [0.717, 1.165) is 36.1 Å². The lowest BCUT2D eigenvalue weighted by Gasteiger charge is -2.29. The quantitative estimate of drug-likeness (QED) is 0.580. The maximum absolute atomic E-state index is 13.0. The van der Waals surface area contributed by atoms with Crippen molar-refractivity contribution in [1.29, 1.82) is 0 Å². The zero-order valence-corrected chi connectivity index (χ0v) is 17.5. The van der Waals surface area contributed by atoms with Crippen LogP contribution in [0.1, 0.15) is 65.7 Å². The first kappa shape index (κ1) is 19.8. The molecule has 7 nitrogen and oxygen atoms in total. The fourth-order valence-electron chi connectivity index (χ4n) is 3.98. The van der Waals surface area contributed by atoms with E-state index in [1.54, 1.807) is 0 Å². The molecular weight excluding hydrogens is 400 g/mol. The maximum atomic E-state index is 13.0. The van der Waals surface area contributed by atoms with E-state index in [0.29, 0.717) is 35.9 Å². The van der Waals surface area contributed by atoms with Gasteiger partial charge in [0.25, 0.3) is 16.0 Å². The summed E-state index contributed by atoms with van der Waals surface area (Å²) in [6.07, 6.45) is 5.29. The predicted molar refractivity (Wildman–Crippen MR) is 107 cm³/mol. The van der Waals surface area contributed by atoms with Crippen molar-refractivity contribution < 1.29 is 22.6 Å². The summed E-state index contributed by atoms with van der Waals surface area (Å²) in [5.74, 6) is -0.420. The second kappa shape index (κ2) is 7.42. The predicted octanol–water partition coefficient (Wildman–Crippen LogP) is 2.79. The minimum absolute atomic E-state index is 0.0335. The summed E-state index contributed by atoms with van der Waals surface area (Å²) in [5.41, 5.74) is 1.33. The van der Waals surface area contributed by atoms with Crippen LogP contribution in [0.15, 0.2) is 0 Å². The Morgan fingerprint density at radius 3 is 2.50 bits per heavy atom. The minimum Gasteiger partial charge on any atom is -0.352 e. The number of hydrogen-bond donors (Lipinski definition) is 3. The van der Waals surface area contributed by atoms with E-state index >= 15 is 0 Å². The number of aryl methyl sites for hydroxylation is 1. The highest BCUT2D eigenvalue weighted by Gasteiger charge is 2.38. The Labute approximate surface area is 169 Å². The molecule has 28 heavy (non-hydrogen) atoms. The van der Waals surface area contributed by atoms with Crippen molar-refractivity contribution in [2.24, 2.45) is 17.8 Å². The van der Waals surface area contributed by atoms with Gasteiger partial charge in [0.15, 0.2) is 0 Å². The number of anilines is 1. The number of carbonyl (C=O) groups is 2. The molecule has 0 aliphatic heterocycles. The average molecular weight is 427 g/mol. The van der Waals surface area contributed by atoms with E-state index in [2.05, 4.69) is 10.6 Å². The number of fused-ring (bicyclic) bond motifs is 1. The molecule has 3 aliphatic rings. The van der Waals surface area contributed by atoms with Crippen LogP contribution >= 0.6 is 11.3 Å². The van der Waals surface area contributed by atoms with Gasteiger partial charge in [-0.1, -0.05) is 6.92 Å². The standard InChI is InChI=1S/C19H26N2O5S2/c1-10-13(9-28(24,25)26)6-7-14-15(10)16(18(23)20-8-11-2-3-11)19(27-14)21-17(22)12-4-5-12/h10-13H,2-9H2,1H3,(H,20,23)(H,21,22)(H,24,25,26). The number of rotatable bonds is 7. The number of carbonyl (C=O) groups excluding carboxylic acids is 2. The lowest BCUT2D eigenvalue weighted by molar-refractivity contribution is -0.117. The minimum atomic E-state index is -4.09. The fraction of sp³-hybridized carbons (Fsp3) is 0.684. The van der Waals surface area contributed by atoms with E-state index in [-0.39, 0.29) is 35.3 Å². The van der Waals surface area contributed by atoms with Crippen molar-refractivity contribution in [3.05, 3.63) is 16.0 Å². The second-order valence-electron chi connectivity index (χ2n) is 8.40. The molecule has 4 rings (SSSR count). The molecule has 0 bridgehead atoms. The number of hydrogen-bond acceptors (Lipinski definition) is 5. The van der Waals surface area contributed by atoms with Crippen LogP contribution < -0.4 is 10.6 Å². The third-order valence-electron chi connectivity index (χ3n) is 6.01. The molecule has 1 aromatic heterocycles. The summed E-state index contributed by atoms with van der Waals surface area (Å²) in [5, 5.41) is 6.51. The van der Waals surface area contributed by atoms with Gasteiger partial charge in [-0.05, 0) is 61.8 Å². The van der Waals surface area contributed by atoms with Crippen LogP contribution in [-0.4, -0.2) is 37.1 Å². The SMILES string of the molecule is CC1c2c(sc(NC(=O)C3CC3)c2C(=O)NCC2CC2)CCC1CS(=O)(=O)O. The van der Waals surface area contributed by atoms with Gasteiger partial charge in [-0.15, -0.1) is 11.3 Å². The second-order valence-corrected chi connectivity index (χ2v) is 11.0. The maximum Gasteiger partial charge on any atom is 0.265 e. The summed E-state index contributed by atoms with van der Waals surface area (Å²) >= 11 is 1.43. The normalized spacial score (nSPS) is 24.5. The molecule has 3 N–H and O–H groups in total. The Kier molecular flexibility index (Phi) is 5.26. The molecule has 2 amide bonds. The summed E-state index contributed by atoms with van der Waals surface area (Å²) in [7, 11) is -4.09. The van der Waals surface area contributed by atoms with Crippen LogP contribution in [0.2, 0.25) is 0 Å². The van der Waals surface area contributed by atoms with Gasteiger partial charge >= 0.3 is 0 Å². The van der Waals surface area contributed by atoms with E-state index in [1.807, 2.05) is 6.92 Å². The van der Waals surface area contributed by atoms with Crippen LogP contribution in [0.5, 0.6) is 0 Å². The first-order valence-electron chi connectivity index (χ1n) is 9.92. The molecule has 9 heteroatoms. The lowest BCUT2D eigenvalue weighted by Crippen LogP contribution is -2.30. The average Bonchev–Trinajstić information content (AvgIpc) is 3.50. The highest BCUT2D eigenvalue weighted by Crippen LogP contribution is 2.46. The summed E-state index contributed by atoms with van der Waals surface area (Å²) in [6.45, 7) is 2.53. The molecule has 154 valence electrons. The van der Waals surface area contributed by atoms with E-state index < -0.39 is 10.1 Å². The first-order chi connectivity index (χ1) is 13.2. The van der Waals surface area contributed by atoms with Crippen LogP contribution in [0.4, 0.5) is 5.00 Å². The Hall–Kier alpha value is -1.45. The van der Waals surface area contributed by atoms with Crippen LogP contribution in [0, 0.1) is 17.8 Å². The molecule has 0 aromatic carbocycles. The third-order valence-corrected chi connectivity index (χ3v) is 8.04. The molecule has 2 atom stereocenters. The van der Waals surface area contributed by atoms with Crippen molar-refractivity contribution >= 4 is 38.3 Å². The van der Waals surface area contributed by atoms with Crippen molar-refractivity contribution in [3.8, 4) is 0 Å². The van der Waals surface area contributed by atoms with Gasteiger partial charge in [-0.3, -0.25) is 14.1 Å². The molecule has 2 fully saturated rings. The first-order valence-corrected chi connectivity index (χ1v) is 12.3. The van der Waals surface area contributed by atoms with Crippen LogP contribution in [0.25, 0.3) is 0 Å². The molecule has 0 saturated heterocycles. The number of thiophene rings is 1. The summed E-state index contributed by atoms with van der Waals surface area (Å²) in [6, 6.07) is 0. The zero-order chi connectivity index (χ0) is 20.1. The van der Waals surface area contributed by atoms with E-state index in [9.17, 15) is 22.6 Å². The molecule has 0 radical (unpaired) electrons. The van der Waals surface area contributed by atoms with Gasteiger partial charge in [0.2, 0.25) is 5.91 Å². The van der Waals surface area contributed by atoms with Crippen molar-refractivity contribution in [1.82, 2.24) is 5.32 Å². The van der Waals surface area contributed by atoms with Gasteiger partial charge in [-0.2, -0.15) is 8.42 Å². The molecule has 1 heterocycles. The third kappa shape index (κ3) is 4.41. The summed E-state index contributed by atoms with van der Waals surface area (Å²) < 4.78 is 32.1. The molecule has 3 aliphatic carbocycles. The highest BCUT2D eigenvalue weighted by atomic mass is 32.2. The van der Waals surface area contributed by atoms with Crippen molar-refractivity contribution in [3.63, 3.8) is 0 Å². The lowest BCUT2D eigenvalue weighted by atomic mass is 9.78. The topological polar surface area (TPSA) is 113 Å². The van der Waals surface area contributed by atoms with Gasteiger partial charge in [0.1, 0.15) is 5.00 Å². The Morgan fingerprint density at radius 2 is 1.89 bits per heavy atom. The Balaban J connectivity index is 1.64. The molecule has 0 spiro atoms. The summed E-state index contributed by atoms with van der Waals surface area (Å²) in [4.78, 5) is 26.4. The molecule has 2 saturated carbocycles. The number of amides is 2. The van der Waals surface area contributed by atoms with Gasteiger partial charge in [0, 0.05) is 17.3 Å². The van der Waals surface area contributed by atoms with Gasteiger partial charge in [0.05, 0.1) is 11.3 Å². The Morgan fingerprint density at radius 1 is 1.18 bits per heavy atom. The molecule has 2 unspecified atom stereocenters. The van der Waals surface area contributed by atoms with Crippen LogP contribution in [0.3, 0.4) is 0 Å². The highest BCUT2D eigenvalue weighted by molar-refractivity contribution is 7.85. The van der Waals surface area contributed by atoms with Crippen molar-refractivity contribution in [2.75, 3.05) is 17.6 Å². The van der Waals surface area contributed by atoms with E-state index in [1.165, 1.54) is 11.3 Å². The zero-order valence-electron chi connectivity index (χ0n) is 15.9. The van der Waals surface area contributed by atoms with E-state index in [4.69, 9.17) is 0 Å². The monoisotopic (exact) mass is 426 g/mol. The van der Waals surface area contributed by atoms with Gasteiger partial charge < -0.3 is 10.6 Å². The molecular formula is C19H26N2O5S2. The largest absolute Gasteiger partial charge is 0.352 e. The van der Waals surface area contributed by atoms with Crippen LogP contribution in [-0.2, 0) is 21.3 Å². The fourth-order valence-corrected chi connectivity index (χ4v) is 6.30. The van der Waals surface area contributed by atoms with Crippen molar-refractivity contribution in [2.45, 2.75) is 51.4 Å². The smallest absolute Gasteiger partial charge is 0.265 e.